The van der Waals surface area contributed by atoms with E-state index in [1.54, 1.807) is 4.90 Å². The minimum absolute atomic E-state index is 0.0835. The summed E-state index contributed by atoms with van der Waals surface area (Å²) in [6.07, 6.45) is 2.65. The second-order valence-corrected chi connectivity index (χ2v) is 5.05. The summed E-state index contributed by atoms with van der Waals surface area (Å²) in [7, 11) is 0. The van der Waals surface area contributed by atoms with Crippen LogP contribution in [-0.4, -0.2) is 17.4 Å². The third kappa shape index (κ3) is 3.11. The van der Waals surface area contributed by atoms with Crippen LogP contribution < -0.4 is 0 Å². The Kier molecular flexibility index (Phi) is 4.16. The maximum absolute atomic E-state index is 13.7. The Morgan fingerprint density at radius 2 is 2.32 bits per heavy atom. The molecule has 19 heavy (non-hydrogen) atoms. The smallest absolute Gasteiger partial charge is 0.223 e. The first-order valence-corrected chi connectivity index (χ1v) is 6.60. The lowest BCUT2D eigenvalue weighted by molar-refractivity contribution is -0.128. The van der Waals surface area contributed by atoms with Crippen molar-refractivity contribution in [2.24, 2.45) is 5.92 Å². The van der Waals surface area contributed by atoms with Crippen LogP contribution in [0.25, 0.3) is 0 Å². The summed E-state index contributed by atoms with van der Waals surface area (Å²) < 4.78 is 13.7. The first-order valence-electron chi connectivity index (χ1n) is 6.60. The van der Waals surface area contributed by atoms with Crippen LogP contribution in [0.3, 0.4) is 0 Å². The van der Waals surface area contributed by atoms with Gasteiger partial charge in [-0.1, -0.05) is 13.3 Å². The van der Waals surface area contributed by atoms with Gasteiger partial charge in [-0.2, -0.15) is 5.26 Å². The number of halogens is 1. The maximum atomic E-state index is 13.7. The van der Waals surface area contributed by atoms with Crippen LogP contribution >= 0.6 is 0 Å². The monoisotopic (exact) mass is 260 g/mol. The standard InChI is InChI=1S/C15H17FN2O/c1-2-3-12-7-15(19)18(9-12)10-13-6-11(8-17)4-5-14(13)16/h4-6,12H,2-3,7,9-10H2,1H3. The maximum Gasteiger partial charge on any atom is 0.223 e. The number of likely N-dealkylation sites (tertiary alicyclic amines) is 1. The van der Waals surface area contributed by atoms with Crippen molar-refractivity contribution in [3.8, 4) is 6.07 Å². The molecule has 1 fully saturated rings. The summed E-state index contributed by atoms with van der Waals surface area (Å²) in [4.78, 5) is 13.6. The van der Waals surface area contributed by atoms with Gasteiger partial charge in [-0.25, -0.2) is 4.39 Å². The summed E-state index contributed by atoms with van der Waals surface area (Å²) in [6, 6.07) is 6.25. The molecule has 0 bridgehead atoms. The molecule has 0 aromatic heterocycles. The van der Waals surface area contributed by atoms with Gasteiger partial charge in [0.1, 0.15) is 5.82 Å². The van der Waals surface area contributed by atoms with Crippen molar-refractivity contribution >= 4 is 5.91 Å². The van der Waals surface area contributed by atoms with Crippen molar-refractivity contribution in [1.82, 2.24) is 4.90 Å². The molecule has 0 N–H and O–H groups in total. The minimum Gasteiger partial charge on any atom is -0.338 e. The normalized spacial score (nSPS) is 18.7. The van der Waals surface area contributed by atoms with Gasteiger partial charge in [0.15, 0.2) is 0 Å². The highest BCUT2D eigenvalue weighted by Crippen LogP contribution is 2.24. The fraction of sp³-hybridized carbons (Fsp3) is 0.467. The van der Waals surface area contributed by atoms with Crippen LogP contribution in [0.1, 0.15) is 37.3 Å². The molecule has 4 heteroatoms. The van der Waals surface area contributed by atoms with Crippen LogP contribution in [0.5, 0.6) is 0 Å². The van der Waals surface area contributed by atoms with Gasteiger partial charge in [0, 0.05) is 25.1 Å². The van der Waals surface area contributed by atoms with E-state index in [-0.39, 0.29) is 18.3 Å². The van der Waals surface area contributed by atoms with Crippen LogP contribution in [0, 0.1) is 23.1 Å². The van der Waals surface area contributed by atoms with E-state index in [1.807, 2.05) is 6.07 Å². The van der Waals surface area contributed by atoms with Crippen LogP contribution in [0.15, 0.2) is 18.2 Å². The van der Waals surface area contributed by atoms with Crippen LogP contribution in [0.2, 0.25) is 0 Å². The second kappa shape index (κ2) is 5.83. The zero-order valence-electron chi connectivity index (χ0n) is 11.0. The van der Waals surface area contributed by atoms with Crippen molar-refractivity contribution in [2.75, 3.05) is 6.54 Å². The quantitative estimate of drug-likeness (QED) is 0.835. The van der Waals surface area contributed by atoms with Crippen LogP contribution in [-0.2, 0) is 11.3 Å². The number of hydrogen-bond acceptors (Lipinski definition) is 2. The highest BCUT2D eigenvalue weighted by Gasteiger charge is 2.29. The van der Waals surface area contributed by atoms with Crippen LogP contribution in [0.4, 0.5) is 4.39 Å². The molecule has 1 atom stereocenters. The number of carbonyl (C=O) groups excluding carboxylic acids is 1. The summed E-state index contributed by atoms with van der Waals surface area (Å²) in [5, 5.41) is 8.82. The molecule has 1 aromatic carbocycles. The average molecular weight is 260 g/mol. The SMILES string of the molecule is CCCC1CC(=O)N(Cc2cc(C#N)ccc2F)C1. The topological polar surface area (TPSA) is 44.1 Å². The van der Waals surface area contributed by atoms with Gasteiger partial charge in [-0.3, -0.25) is 4.79 Å². The van der Waals surface area contributed by atoms with Gasteiger partial charge in [0.25, 0.3) is 0 Å². The summed E-state index contributed by atoms with van der Waals surface area (Å²) in [5.41, 5.74) is 0.845. The Balaban J connectivity index is 2.09. The number of benzene rings is 1. The van der Waals surface area contributed by atoms with E-state index in [1.165, 1.54) is 18.2 Å². The van der Waals surface area contributed by atoms with Gasteiger partial charge in [0.2, 0.25) is 5.91 Å². The van der Waals surface area contributed by atoms with Gasteiger partial charge in [-0.15, -0.1) is 0 Å². The molecule has 0 radical (unpaired) electrons. The Morgan fingerprint density at radius 1 is 1.53 bits per heavy atom. The molecule has 2 rings (SSSR count). The fourth-order valence-corrected chi connectivity index (χ4v) is 2.58. The zero-order chi connectivity index (χ0) is 13.8. The van der Waals surface area contributed by atoms with Crippen molar-refractivity contribution in [2.45, 2.75) is 32.7 Å². The molecular weight excluding hydrogens is 243 g/mol. The van der Waals surface area contributed by atoms with Gasteiger partial charge in [-0.05, 0) is 30.5 Å². The Morgan fingerprint density at radius 3 is 3.00 bits per heavy atom. The van der Waals surface area contributed by atoms with Gasteiger partial charge in [0.05, 0.1) is 11.6 Å². The molecule has 1 amide bonds. The Hall–Kier alpha value is -1.89. The largest absolute Gasteiger partial charge is 0.338 e. The van der Waals surface area contributed by atoms with E-state index in [4.69, 9.17) is 5.26 Å². The van der Waals surface area contributed by atoms with Gasteiger partial charge >= 0.3 is 0 Å². The molecule has 1 aliphatic rings. The molecule has 3 nitrogen and oxygen atoms in total. The highest BCUT2D eigenvalue weighted by molar-refractivity contribution is 5.78. The number of nitriles is 1. The lowest BCUT2D eigenvalue weighted by Gasteiger charge is -2.17. The number of amides is 1. The van der Waals surface area contributed by atoms with E-state index >= 15 is 0 Å². The summed E-state index contributed by atoms with van der Waals surface area (Å²) in [6.45, 7) is 3.06. The molecule has 100 valence electrons. The number of hydrogen-bond donors (Lipinski definition) is 0. The van der Waals surface area contributed by atoms with Crippen molar-refractivity contribution in [3.05, 3.63) is 35.1 Å². The van der Waals surface area contributed by atoms with E-state index in [9.17, 15) is 9.18 Å². The first kappa shape index (κ1) is 13.5. The molecule has 1 saturated heterocycles. The molecule has 0 spiro atoms. The molecule has 1 unspecified atom stereocenters. The zero-order valence-corrected chi connectivity index (χ0v) is 11.0. The molecule has 1 heterocycles. The van der Waals surface area contributed by atoms with E-state index in [0.29, 0.717) is 30.0 Å². The second-order valence-electron chi connectivity index (χ2n) is 5.05. The average Bonchev–Trinajstić information content (AvgIpc) is 2.73. The Bertz CT molecular complexity index is 521. The lowest BCUT2D eigenvalue weighted by atomic mass is 10.0. The minimum atomic E-state index is -0.356. The number of nitrogens with zero attached hydrogens (tertiary/aromatic N) is 2. The predicted molar refractivity (Wildman–Crippen MR) is 69.5 cm³/mol. The summed E-state index contributed by atoms with van der Waals surface area (Å²) in [5.74, 6) is 0.116. The Labute approximate surface area is 112 Å². The third-order valence-electron chi connectivity index (χ3n) is 3.53. The molecule has 0 saturated carbocycles. The van der Waals surface area contributed by atoms with E-state index < -0.39 is 0 Å². The van der Waals surface area contributed by atoms with E-state index in [0.717, 1.165) is 12.8 Å². The number of rotatable bonds is 4. The summed E-state index contributed by atoms with van der Waals surface area (Å²) >= 11 is 0. The first-order chi connectivity index (χ1) is 9.13. The van der Waals surface area contributed by atoms with Crippen molar-refractivity contribution in [3.63, 3.8) is 0 Å². The fourth-order valence-electron chi connectivity index (χ4n) is 2.58. The van der Waals surface area contributed by atoms with Crippen molar-refractivity contribution < 1.29 is 9.18 Å². The van der Waals surface area contributed by atoms with Gasteiger partial charge < -0.3 is 4.90 Å². The molecule has 1 aliphatic heterocycles. The molecule has 0 aliphatic carbocycles. The third-order valence-corrected chi connectivity index (χ3v) is 3.53. The van der Waals surface area contributed by atoms with Crippen molar-refractivity contribution in [1.29, 1.82) is 5.26 Å². The highest BCUT2D eigenvalue weighted by atomic mass is 19.1. The van der Waals surface area contributed by atoms with E-state index in [2.05, 4.69) is 6.92 Å². The molecule has 1 aromatic rings. The predicted octanol–water partition coefficient (Wildman–Crippen LogP) is 2.85. The lowest BCUT2D eigenvalue weighted by Crippen LogP contribution is -2.25. The molecular formula is C15H17FN2O. The number of carbonyl (C=O) groups is 1.